The molecule has 8 aromatic carbocycles. The van der Waals surface area contributed by atoms with Crippen molar-refractivity contribution in [2.24, 2.45) is 0 Å². The minimum Gasteiger partial charge on any atom is -0.252 e. The van der Waals surface area contributed by atoms with E-state index < -0.39 is 0 Å². The number of benzene rings is 8. The fraction of sp³-hybridized carbons (Fsp3) is 0. The minimum atomic E-state index is 0.870. The third-order valence-corrected chi connectivity index (χ3v) is 11.0. The molecule has 49 heavy (non-hydrogen) atoms. The average Bonchev–Trinajstić information content (AvgIpc) is 3.57. The van der Waals surface area contributed by atoms with Crippen LogP contribution in [-0.4, -0.2) is 9.97 Å². The van der Waals surface area contributed by atoms with Crippen molar-refractivity contribution < 1.29 is 0 Å². The first kappa shape index (κ1) is 27.9. The molecule has 0 aliphatic carbocycles. The summed E-state index contributed by atoms with van der Waals surface area (Å²) in [5.74, 6) is 0. The lowest BCUT2D eigenvalue weighted by molar-refractivity contribution is 1.31. The van der Waals surface area contributed by atoms with Crippen LogP contribution < -0.4 is 0 Å². The Bertz CT molecular complexity index is 2850. The number of nitrogens with zero attached hydrogens (tertiary/aromatic N) is 2. The van der Waals surface area contributed by atoms with E-state index in [1.165, 1.54) is 64.3 Å². The van der Waals surface area contributed by atoms with E-state index in [2.05, 4.69) is 164 Å². The highest BCUT2D eigenvalue weighted by atomic mass is 32.1. The van der Waals surface area contributed by atoms with Crippen LogP contribution in [0.2, 0.25) is 0 Å². The molecule has 0 fully saturated rings. The van der Waals surface area contributed by atoms with Gasteiger partial charge in [0.05, 0.1) is 22.9 Å². The predicted octanol–water partition coefficient (Wildman–Crippen LogP) is 13.0. The first-order valence-electron chi connectivity index (χ1n) is 16.6. The van der Waals surface area contributed by atoms with Gasteiger partial charge in [0.2, 0.25) is 0 Å². The van der Waals surface area contributed by atoms with Crippen LogP contribution in [0.25, 0.3) is 97.4 Å². The summed E-state index contributed by atoms with van der Waals surface area (Å²) in [5.41, 5.74) is 11.1. The minimum absolute atomic E-state index is 0.870. The van der Waals surface area contributed by atoms with Crippen molar-refractivity contribution in [3.8, 4) is 44.6 Å². The molecule has 0 radical (unpaired) electrons. The number of rotatable bonds is 4. The van der Waals surface area contributed by atoms with Crippen LogP contribution in [0.1, 0.15) is 0 Å². The van der Waals surface area contributed by atoms with E-state index in [0.29, 0.717) is 0 Å². The number of hydrogen-bond acceptors (Lipinski definition) is 3. The fourth-order valence-corrected chi connectivity index (χ4v) is 8.69. The van der Waals surface area contributed by atoms with E-state index in [-0.39, 0.29) is 0 Å². The van der Waals surface area contributed by atoms with Gasteiger partial charge in [-0.2, -0.15) is 0 Å². The summed E-state index contributed by atoms with van der Waals surface area (Å²) in [6, 6.07) is 58.8. The average molecular weight is 641 g/mol. The van der Waals surface area contributed by atoms with Gasteiger partial charge in [0, 0.05) is 42.1 Å². The highest BCUT2D eigenvalue weighted by Gasteiger charge is 2.17. The highest BCUT2D eigenvalue weighted by Crippen LogP contribution is 2.44. The van der Waals surface area contributed by atoms with Gasteiger partial charge in [0.15, 0.2) is 0 Å². The molecule has 0 spiro atoms. The molecule has 2 nitrogen and oxygen atoms in total. The molecular weight excluding hydrogens is 613 g/mol. The molecule has 0 saturated heterocycles. The molecule has 0 aliphatic rings. The molecule has 3 heteroatoms. The zero-order valence-corrected chi connectivity index (χ0v) is 27.3. The molecule has 0 bridgehead atoms. The Labute approximate surface area is 287 Å². The van der Waals surface area contributed by atoms with E-state index >= 15 is 0 Å². The number of hydrogen-bond donors (Lipinski definition) is 0. The lowest BCUT2D eigenvalue weighted by Crippen LogP contribution is -1.92. The molecule has 0 unspecified atom stereocenters. The van der Waals surface area contributed by atoms with Gasteiger partial charge >= 0.3 is 0 Å². The smallest absolute Gasteiger partial charge is 0.0979 e. The molecular formula is C46H28N2S. The summed E-state index contributed by atoms with van der Waals surface area (Å²) in [6.45, 7) is 0. The van der Waals surface area contributed by atoms with Crippen molar-refractivity contribution in [1.82, 2.24) is 9.97 Å². The maximum Gasteiger partial charge on any atom is 0.0979 e. The van der Waals surface area contributed by atoms with E-state index in [4.69, 9.17) is 9.97 Å². The van der Waals surface area contributed by atoms with Gasteiger partial charge < -0.3 is 0 Å². The second-order valence-electron chi connectivity index (χ2n) is 12.5. The van der Waals surface area contributed by atoms with E-state index in [0.717, 1.165) is 33.1 Å². The molecule has 0 aliphatic heterocycles. The summed E-state index contributed by atoms with van der Waals surface area (Å²) >= 11 is 1.88. The van der Waals surface area contributed by atoms with E-state index in [1.54, 1.807) is 0 Å². The zero-order chi connectivity index (χ0) is 32.3. The molecule has 2 heterocycles. The molecule has 0 atom stereocenters. The van der Waals surface area contributed by atoms with E-state index in [1.807, 2.05) is 17.5 Å². The third-order valence-electron chi connectivity index (χ3n) is 9.76. The lowest BCUT2D eigenvalue weighted by Gasteiger charge is -2.15. The Morgan fingerprint density at radius 3 is 1.55 bits per heavy atom. The van der Waals surface area contributed by atoms with Crippen molar-refractivity contribution in [1.29, 1.82) is 0 Å². The maximum absolute atomic E-state index is 5.22. The number of aromatic nitrogens is 2. The van der Waals surface area contributed by atoms with Crippen molar-refractivity contribution >= 4 is 64.1 Å². The van der Waals surface area contributed by atoms with Gasteiger partial charge in [0.1, 0.15) is 0 Å². The van der Waals surface area contributed by atoms with Crippen LogP contribution in [0.15, 0.2) is 170 Å². The first-order chi connectivity index (χ1) is 24.3. The Hall–Kier alpha value is -6.16. The number of fused-ring (bicyclic) bond motifs is 9. The standard InChI is InChI=1S/C46H28N2S/c1-2-13-32(33-14-3-4-17-36(33)40-21-11-22-41-37-18-9-10-23-43(37)49-46(40)41)31(12-1)29-24-26-30(27-25-29)42-28-47-44-38-19-7-5-15-34(38)35-16-6-8-20-39(35)45(44)48-42/h1-28H. The number of thiophene rings is 1. The van der Waals surface area contributed by atoms with Gasteiger partial charge in [-0.1, -0.05) is 158 Å². The maximum atomic E-state index is 5.22. The Morgan fingerprint density at radius 2 is 0.837 bits per heavy atom. The van der Waals surface area contributed by atoms with Crippen LogP contribution in [0.5, 0.6) is 0 Å². The molecule has 10 rings (SSSR count). The second kappa shape index (κ2) is 11.2. The second-order valence-corrected chi connectivity index (χ2v) is 13.5. The van der Waals surface area contributed by atoms with Crippen molar-refractivity contribution in [3.63, 3.8) is 0 Å². The highest BCUT2D eigenvalue weighted by molar-refractivity contribution is 7.26. The van der Waals surface area contributed by atoms with Crippen LogP contribution in [0, 0.1) is 0 Å². The Morgan fingerprint density at radius 1 is 0.347 bits per heavy atom. The van der Waals surface area contributed by atoms with Crippen molar-refractivity contribution in [2.45, 2.75) is 0 Å². The lowest BCUT2D eigenvalue weighted by atomic mass is 9.89. The summed E-state index contributed by atoms with van der Waals surface area (Å²) in [6.07, 6.45) is 1.91. The fourth-order valence-electron chi connectivity index (χ4n) is 7.46. The quantitative estimate of drug-likeness (QED) is 0.179. The van der Waals surface area contributed by atoms with Gasteiger partial charge in [-0.3, -0.25) is 4.98 Å². The Balaban J connectivity index is 1.08. The topological polar surface area (TPSA) is 25.8 Å². The molecule has 0 saturated carbocycles. The first-order valence-corrected chi connectivity index (χ1v) is 17.4. The van der Waals surface area contributed by atoms with E-state index in [9.17, 15) is 0 Å². The molecule has 0 N–H and O–H groups in total. The molecule has 10 aromatic rings. The zero-order valence-electron chi connectivity index (χ0n) is 26.5. The van der Waals surface area contributed by atoms with Crippen LogP contribution >= 0.6 is 11.3 Å². The summed E-state index contributed by atoms with van der Waals surface area (Å²) < 4.78 is 2.65. The molecule has 0 amide bonds. The van der Waals surface area contributed by atoms with Gasteiger partial charge in [-0.25, -0.2) is 4.98 Å². The van der Waals surface area contributed by atoms with Gasteiger partial charge in [-0.05, 0) is 44.7 Å². The summed E-state index contributed by atoms with van der Waals surface area (Å²) in [5, 5.41) is 7.30. The van der Waals surface area contributed by atoms with Gasteiger partial charge in [-0.15, -0.1) is 11.3 Å². The third kappa shape index (κ3) is 4.47. The predicted molar refractivity (Wildman–Crippen MR) is 209 cm³/mol. The van der Waals surface area contributed by atoms with Crippen molar-refractivity contribution in [3.05, 3.63) is 170 Å². The Kier molecular flexibility index (Phi) is 6.39. The molecule has 2 aromatic heterocycles. The van der Waals surface area contributed by atoms with Crippen LogP contribution in [0.4, 0.5) is 0 Å². The SMILES string of the molecule is c1ccc(-c2ccccc2-c2cccc3c2sc2ccccc23)c(-c2ccc(-c3cnc4c5ccccc5c5ccccc5c4n3)cc2)c1. The van der Waals surface area contributed by atoms with Crippen molar-refractivity contribution in [2.75, 3.05) is 0 Å². The molecule has 228 valence electrons. The normalized spacial score (nSPS) is 11.7. The van der Waals surface area contributed by atoms with Crippen LogP contribution in [-0.2, 0) is 0 Å². The summed E-state index contributed by atoms with van der Waals surface area (Å²) in [4.78, 5) is 10.2. The monoisotopic (exact) mass is 640 g/mol. The largest absolute Gasteiger partial charge is 0.252 e. The summed E-state index contributed by atoms with van der Waals surface area (Å²) in [7, 11) is 0. The van der Waals surface area contributed by atoms with Crippen LogP contribution in [0.3, 0.4) is 0 Å². The van der Waals surface area contributed by atoms with Gasteiger partial charge in [0.25, 0.3) is 0 Å².